The number of benzene rings is 1. The number of nitrogen functional groups attached to an aromatic ring is 1. The van der Waals surface area contributed by atoms with E-state index < -0.39 is 5.76 Å². The fourth-order valence-corrected chi connectivity index (χ4v) is 1.40. The number of alkyl halides is 2. The Bertz CT molecular complexity index is 315. The van der Waals surface area contributed by atoms with Crippen molar-refractivity contribution in [3.8, 4) is 0 Å². The normalized spacial score (nSPS) is 10.4. The Hall–Kier alpha value is -1.10. The van der Waals surface area contributed by atoms with E-state index in [4.69, 9.17) is 11.1 Å². The van der Waals surface area contributed by atoms with E-state index in [1.54, 1.807) is 18.2 Å². The molecule has 0 saturated heterocycles. The maximum atomic E-state index is 11.9. The molecule has 0 spiro atoms. The standard InChI is InChI=1S/C8H8F2N2S/c9-8(10)13-6-3-1-2-5(4-6)7(11)12/h1-4,8H,(H3,11,12). The van der Waals surface area contributed by atoms with E-state index in [1.165, 1.54) is 6.07 Å². The van der Waals surface area contributed by atoms with Crippen LogP contribution in [0.3, 0.4) is 0 Å². The molecule has 0 aliphatic rings. The second-order valence-electron chi connectivity index (χ2n) is 2.32. The molecule has 0 aliphatic carbocycles. The molecular weight excluding hydrogens is 194 g/mol. The Kier molecular flexibility index (Phi) is 3.25. The van der Waals surface area contributed by atoms with E-state index in [0.717, 1.165) is 0 Å². The summed E-state index contributed by atoms with van der Waals surface area (Å²) in [6.45, 7) is 0. The Morgan fingerprint density at radius 3 is 2.69 bits per heavy atom. The highest BCUT2D eigenvalue weighted by Gasteiger charge is 2.05. The van der Waals surface area contributed by atoms with Crippen molar-refractivity contribution in [1.29, 1.82) is 5.41 Å². The van der Waals surface area contributed by atoms with Crippen LogP contribution >= 0.6 is 11.8 Å². The van der Waals surface area contributed by atoms with Crippen molar-refractivity contribution in [2.24, 2.45) is 5.73 Å². The van der Waals surface area contributed by atoms with Gasteiger partial charge in [0.05, 0.1) is 0 Å². The molecule has 0 saturated carbocycles. The zero-order valence-electron chi connectivity index (χ0n) is 6.63. The summed E-state index contributed by atoms with van der Waals surface area (Å²) in [5.41, 5.74) is 5.66. The minimum Gasteiger partial charge on any atom is -0.384 e. The zero-order chi connectivity index (χ0) is 9.84. The van der Waals surface area contributed by atoms with Crippen molar-refractivity contribution in [2.75, 3.05) is 0 Å². The summed E-state index contributed by atoms with van der Waals surface area (Å²) >= 11 is 0.444. The fourth-order valence-electron chi connectivity index (χ4n) is 0.840. The SMILES string of the molecule is N=C(N)c1cccc(SC(F)F)c1. The summed E-state index contributed by atoms with van der Waals surface area (Å²) in [5.74, 6) is -2.56. The molecule has 0 amide bonds. The molecule has 1 aromatic carbocycles. The summed E-state index contributed by atoms with van der Waals surface area (Å²) in [5, 5.41) is 7.10. The van der Waals surface area contributed by atoms with Crippen LogP contribution in [0.15, 0.2) is 29.2 Å². The van der Waals surface area contributed by atoms with Crippen LogP contribution in [0.2, 0.25) is 0 Å². The van der Waals surface area contributed by atoms with Gasteiger partial charge in [0.15, 0.2) is 0 Å². The Morgan fingerprint density at radius 2 is 2.15 bits per heavy atom. The minimum atomic E-state index is -2.44. The molecule has 0 aromatic heterocycles. The largest absolute Gasteiger partial charge is 0.384 e. The van der Waals surface area contributed by atoms with Gasteiger partial charge in [0, 0.05) is 10.5 Å². The van der Waals surface area contributed by atoms with Gasteiger partial charge in [-0.25, -0.2) is 0 Å². The summed E-state index contributed by atoms with van der Waals surface area (Å²) in [4.78, 5) is 0.419. The first-order valence-electron chi connectivity index (χ1n) is 3.49. The molecule has 0 heterocycles. The molecule has 3 N–H and O–H groups in total. The summed E-state index contributed by atoms with van der Waals surface area (Å²) in [6.07, 6.45) is 0. The lowest BCUT2D eigenvalue weighted by Gasteiger charge is -2.02. The molecule has 5 heteroatoms. The molecule has 0 aliphatic heterocycles. The molecule has 70 valence electrons. The van der Waals surface area contributed by atoms with Gasteiger partial charge in [-0.3, -0.25) is 5.41 Å². The lowest BCUT2D eigenvalue weighted by Crippen LogP contribution is -2.10. The average molecular weight is 202 g/mol. The van der Waals surface area contributed by atoms with Gasteiger partial charge in [-0.15, -0.1) is 0 Å². The number of amidine groups is 1. The zero-order valence-corrected chi connectivity index (χ0v) is 7.44. The van der Waals surface area contributed by atoms with E-state index in [9.17, 15) is 8.78 Å². The van der Waals surface area contributed by atoms with Crippen LogP contribution < -0.4 is 5.73 Å². The Morgan fingerprint density at radius 1 is 1.46 bits per heavy atom. The van der Waals surface area contributed by atoms with E-state index in [2.05, 4.69) is 0 Å². The van der Waals surface area contributed by atoms with Gasteiger partial charge in [-0.2, -0.15) is 8.78 Å². The monoisotopic (exact) mass is 202 g/mol. The van der Waals surface area contributed by atoms with E-state index in [0.29, 0.717) is 22.2 Å². The first kappa shape index (κ1) is 9.98. The lowest BCUT2D eigenvalue weighted by atomic mass is 10.2. The van der Waals surface area contributed by atoms with Crippen molar-refractivity contribution < 1.29 is 8.78 Å². The highest BCUT2D eigenvalue weighted by atomic mass is 32.2. The van der Waals surface area contributed by atoms with Crippen LogP contribution in [0.1, 0.15) is 5.56 Å². The van der Waals surface area contributed by atoms with Gasteiger partial charge in [-0.05, 0) is 12.1 Å². The van der Waals surface area contributed by atoms with E-state index >= 15 is 0 Å². The number of hydrogen-bond donors (Lipinski definition) is 2. The van der Waals surface area contributed by atoms with Gasteiger partial charge in [-0.1, -0.05) is 23.9 Å². The molecule has 0 atom stereocenters. The van der Waals surface area contributed by atoms with Crippen LogP contribution in [0.4, 0.5) is 8.78 Å². The van der Waals surface area contributed by atoms with Crippen molar-refractivity contribution in [3.63, 3.8) is 0 Å². The van der Waals surface area contributed by atoms with Crippen LogP contribution in [0.25, 0.3) is 0 Å². The van der Waals surface area contributed by atoms with Gasteiger partial charge < -0.3 is 5.73 Å². The lowest BCUT2D eigenvalue weighted by molar-refractivity contribution is 0.252. The molecule has 0 bridgehead atoms. The maximum absolute atomic E-state index is 11.9. The van der Waals surface area contributed by atoms with Gasteiger partial charge >= 0.3 is 0 Å². The first-order chi connectivity index (χ1) is 6.09. The van der Waals surface area contributed by atoms with Crippen molar-refractivity contribution in [1.82, 2.24) is 0 Å². The summed E-state index contributed by atoms with van der Waals surface area (Å²) in [7, 11) is 0. The summed E-state index contributed by atoms with van der Waals surface area (Å²) < 4.78 is 23.9. The Balaban J connectivity index is 2.85. The topological polar surface area (TPSA) is 49.9 Å². The molecule has 0 fully saturated rings. The smallest absolute Gasteiger partial charge is 0.288 e. The molecule has 1 aromatic rings. The maximum Gasteiger partial charge on any atom is 0.288 e. The fraction of sp³-hybridized carbons (Fsp3) is 0.125. The highest BCUT2D eigenvalue weighted by molar-refractivity contribution is 7.99. The molecule has 2 nitrogen and oxygen atoms in total. The van der Waals surface area contributed by atoms with E-state index in [-0.39, 0.29) is 5.84 Å². The van der Waals surface area contributed by atoms with Crippen LogP contribution in [-0.4, -0.2) is 11.6 Å². The average Bonchev–Trinajstić information content (AvgIpc) is 2.03. The van der Waals surface area contributed by atoms with Crippen LogP contribution in [0.5, 0.6) is 0 Å². The quantitative estimate of drug-likeness (QED) is 0.449. The second kappa shape index (κ2) is 4.23. The minimum absolute atomic E-state index is 0.114. The van der Waals surface area contributed by atoms with Crippen molar-refractivity contribution in [2.45, 2.75) is 10.7 Å². The third-order valence-corrected chi connectivity index (χ3v) is 2.07. The highest BCUT2D eigenvalue weighted by Crippen LogP contribution is 2.25. The molecule has 1 rings (SSSR count). The number of thioether (sulfide) groups is 1. The number of rotatable bonds is 3. The molecule has 13 heavy (non-hydrogen) atoms. The molecule has 0 radical (unpaired) electrons. The molecular formula is C8H8F2N2S. The Labute approximate surface area is 78.6 Å². The van der Waals surface area contributed by atoms with Gasteiger partial charge in [0.2, 0.25) is 0 Å². The predicted molar refractivity (Wildman–Crippen MR) is 49.3 cm³/mol. The molecule has 0 unspecified atom stereocenters. The van der Waals surface area contributed by atoms with E-state index in [1.807, 2.05) is 0 Å². The van der Waals surface area contributed by atoms with Crippen LogP contribution in [0, 0.1) is 5.41 Å². The van der Waals surface area contributed by atoms with Crippen LogP contribution in [-0.2, 0) is 0 Å². The third-order valence-electron chi connectivity index (χ3n) is 1.37. The first-order valence-corrected chi connectivity index (χ1v) is 4.37. The van der Waals surface area contributed by atoms with Gasteiger partial charge in [0.25, 0.3) is 5.76 Å². The number of nitrogens with two attached hydrogens (primary N) is 1. The number of halogens is 2. The van der Waals surface area contributed by atoms with Crippen molar-refractivity contribution >= 4 is 17.6 Å². The number of hydrogen-bond acceptors (Lipinski definition) is 2. The van der Waals surface area contributed by atoms with Crippen molar-refractivity contribution in [3.05, 3.63) is 29.8 Å². The number of nitrogens with one attached hydrogen (secondary N) is 1. The predicted octanol–water partition coefficient (Wildman–Crippen LogP) is 2.29. The summed E-state index contributed by atoms with van der Waals surface area (Å²) in [6, 6.07) is 6.24. The second-order valence-corrected chi connectivity index (χ2v) is 3.38. The van der Waals surface area contributed by atoms with Gasteiger partial charge in [0.1, 0.15) is 5.84 Å². The third kappa shape index (κ3) is 3.02.